The van der Waals surface area contributed by atoms with Crippen LogP contribution in [0.1, 0.15) is 83.6 Å². The third kappa shape index (κ3) is 10.2. The van der Waals surface area contributed by atoms with Gasteiger partial charge in [0.1, 0.15) is 18.1 Å². The quantitative estimate of drug-likeness (QED) is 0.255. The van der Waals surface area contributed by atoms with Gasteiger partial charge in [-0.3, -0.25) is 0 Å². The molecule has 2 unspecified atom stereocenters. The molecule has 0 fully saturated rings. The maximum absolute atomic E-state index is 13.8. The summed E-state index contributed by atoms with van der Waals surface area (Å²) in [6.07, 6.45) is 11.6. The molecule has 2 atom stereocenters. The summed E-state index contributed by atoms with van der Waals surface area (Å²) in [6.45, 7) is 4.38. The molecule has 0 aliphatic rings. The van der Waals surface area contributed by atoms with Gasteiger partial charge in [-0.15, -0.1) is 0 Å². The Labute approximate surface area is 186 Å². The van der Waals surface area contributed by atoms with Crippen LogP contribution in [0.3, 0.4) is 0 Å². The van der Waals surface area contributed by atoms with E-state index >= 15 is 0 Å². The maximum Gasteiger partial charge on any atom is 0.159 e. The van der Waals surface area contributed by atoms with Crippen LogP contribution in [-0.2, 0) is 6.42 Å². The van der Waals surface area contributed by atoms with Crippen molar-refractivity contribution in [3.63, 3.8) is 0 Å². The van der Waals surface area contributed by atoms with Crippen LogP contribution in [0.15, 0.2) is 36.7 Å². The lowest BCUT2D eigenvalue weighted by molar-refractivity contribution is 0.176. The zero-order valence-electron chi connectivity index (χ0n) is 19.2. The van der Waals surface area contributed by atoms with Crippen LogP contribution < -0.4 is 4.74 Å². The van der Waals surface area contributed by atoms with E-state index in [1.807, 2.05) is 43.6 Å². The van der Waals surface area contributed by atoms with Crippen LogP contribution in [0.25, 0.3) is 11.4 Å². The first kappa shape index (κ1) is 25.2. The summed E-state index contributed by atoms with van der Waals surface area (Å²) in [4.78, 5) is 9.00. The molecule has 0 radical (unpaired) electrons. The molecular weight excluding hydrogens is 394 g/mol. The third-order valence-electron chi connectivity index (χ3n) is 5.45. The lowest BCUT2D eigenvalue weighted by atomic mass is 10.1. The Bertz CT molecular complexity index is 706. The van der Waals surface area contributed by atoms with E-state index in [2.05, 4.69) is 16.9 Å². The van der Waals surface area contributed by atoms with Crippen LogP contribution in [-0.4, -0.2) is 28.9 Å². The van der Waals surface area contributed by atoms with E-state index in [1.54, 1.807) is 0 Å². The molecule has 0 aliphatic heterocycles. The molecule has 5 heteroatoms. The molecule has 0 spiro atoms. The smallest absolute Gasteiger partial charge is 0.159 e. The molecular formula is C26H38F2N2O. The molecule has 1 aromatic heterocycles. The second kappa shape index (κ2) is 14.9. The molecule has 0 saturated carbocycles. The summed E-state index contributed by atoms with van der Waals surface area (Å²) >= 11 is 0. The molecule has 0 bridgehead atoms. The number of rotatable bonds is 16. The maximum atomic E-state index is 13.8. The Morgan fingerprint density at radius 3 is 2.13 bits per heavy atom. The van der Waals surface area contributed by atoms with Gasteiger partial charge in [-0.2, -0.15) is 0 Å². The van der Waals surface area contributed by atoms with Gasteiger partial charge in [0, 0.05) is 30.8 Å². The lowest BCUT2D eigenvalue weighted by Gasteiger charge is -2.12. The van der Waals surface area contributed by atoms with Crippen molar-refractivity contribution in [2.75, 3.05) is 6.61 Å². The molecule has 0 N–H and O–H groups in total. The molecule has 1 heterocycles. The van der Waals surface area contributed by atoms with Crippen molar-refractivity contribution in [1.29, 1.82) is 0 Å². The number of benzene rings is 1. The number of nitrogens with zero attached hydrogens (tertiary/aromatic N) is 2. The van der Waals surface area contributed by atoms with E-state index in [4.69, 9.17) is 4.74 Å². The van der Waals surface area contributed by atoms with Gasteiger partial charge in [0.25, 0.3) is 0 Å². The SMILES string of the molecule is CCCCCCCCc1cnc(-c2ccc(OCCC(F)CC(F)CCC)cc2)nc1. The Balaban J connectivity index is 1.72. The fourth-order valence-corrected chi connectivity index (χ4v) is 3.57. The molecule has 2 rings (SSSR count). The number of aromatic nitrogens is 2. The zero-order chi connectivity index (χ0) is 22.3. The highest BCUT2D eigenvalue weighted by atomic mass is 19.1. The van der Waals surface area contributed by atoms with E-state index in [-0.39, 0.29) is 19.4 Å². The predicted molar refractivity (Wildman–Crippen MR) is 124 cm³/mol. The summed E-state index contributed by atoms with van der Waals surface area (Å²) in [5.41, 5.74) is 2.09. The van der Waals surface area contributed by atoms with Crippen molar-refractivity contribution < 1.29 is 13.5 Å². The number of hydrogen-bond donors (Lipinski definition) is 0. The van der Waals surface area contributed by atoms with Crippen molar-refractivity contribution in [3.8, 4) is 17.1 Å². The first-order valence-corrected chi connectivity index (χ1v) is 11.9. The van der Waals surface area contributed by atoms with Gasteiger partial charge in [-0.05, 0) is 49.1 Å². The molecule has 2 aromatic rings. The Morgan fingerprint density at radius 1 is 0.806 bits per heavy atom. The minimum absolute atomic E-state index is 0.0394. The summed E-state index contributed by atoms with van der Waals surface area (Å²) in [7, 11) is 0. The van der Waals surface area contributed by atoms with Gasteiger partial charge in [-0.1, -0.05) is 52.4 Å². The highest BCUT2D eigenvalue weighted by Crippen LogP contribution is 2.21. The van der Waals surface area contributed by atoms with Crippen molar-refractivity contribution >= 4 is 0 Å². The Kier molecular flexibility index (Phi) is 12.1. The van der Waals surface area contributed by atoms with Crippen molar-refractivity contribution in [2.24, 2.45) is 0 Å². The van der Waals surface area contributed by atoms with Gasteiger partial charge in [0.2, 0.25) is 0 Å². The van der Waals surface area contributed by atoms with Gasteiger partial charge >= 0.3 is 0 Å². The Hall–Kier alpha value is -2.04. The van der Waals surface area contributed by atoms with E-state index in [9.17, 15) is 8.78 Å². The zero-order valence-corrected chi connectivity index (χ0v) is 19.2. The third-order valence-corrected chi connectivity index (χ3v) is 5.45. The Morgan fingerprint density at radius 2 is 1.45 bits per heavy atom. The first-order chi connectivity index (χ1) is 15.1. The van der Waals surface area contributed by atoms with Crippen molar-refractivity contribution in [3.05, 3.63) is 42.2 Å². The fraction of sp³-hybridized carbons (Fsp3) is 0.615. The number of hydrogen-bond acceptors (Lipinski definition) is 3. The standard InChI is InChI=1S/C26H38F2N2O/c1-3-5-6-7-8-9-11-21-19-29-26(30-20-21)22-12-14-25(15-13-22)31-17-16-24(28)18-23(27)10-4-2/h12-15,19-20,23-24H,3-11,16-18H2,1-2H3. The monoisotopic (exact) mass is 432 g/mol. The molecule has 1 aromatic carbocycles. The summed E-state index contributed by atoms with van der Waals surface area (Å²) < 4.78 is 32.9. The highest BCUT2D eigenvalue weighted by Gasteiger charge is 2.14. The average molecular weight is 433 g/mol. The van der Waals surface area contributed by atoms with Crippen molar-refractivity contribution in [1.82, 2.24) is 9.97 Å². The van der Waals surface area contributed by atoms with Gasteiger partial charge < -0.3 is 4.74 Å². The van der Waals surface area contributed by atoms with Gasteiger partial charge in [0.05, 0.1) is 6.61 Å². The van der Waals surface area contributed by atoms with Gasteiger partial charge in [0.15, 0.2) is 5.82 Å². The lowest BCUT2D eigenvalue weighted by Crippen LogP contribution is -2.13. The number of alkyl halides is 2. The molecule has 172 valence electrons. The van der Waals surface area contributed by atoms with Crippen LogP contribution in [0.5, 0.6) is 5.75 Å². The summed E-state index contributed by atoms with van der Waals surface area (Å²) in [5, 5.41) is 0. The molecule has 31 heavy (non-hydrogen) atoms. The van der Waals surface area contributed by atoms with Crippen LogP contribution in [0.2, 0.25) is 0 Å². The minimum atomic E-state index is -1.16. The number of ether oxygens (including phenoxy) is 1. The summed E-state index contributed by atoms with van der Waals surface area (Å²) in [5.74, 6) is 1.35. The van der Waals surface area contributed by atoms with Crippen LogP contribution in [0, 0.1) is 0 Å². The van der Waals surface area contributed by atoms with E-state index in [0.717, 1.165) is 18.4 Å². The second-order valence-corrected chi connectivity index (χ2v) is 8.31. The number of unbranched alkanes of at least 4 members (excludes halogenated alkanes) is 5. The molecule has 0 saturated heterocycles. The normalized spacial score (nSPS) is 13.2. The number of aryl methyl sites for hydroxylation is 1. The van der Waals surface area contributed by atoms with Crippen LogP contribution in [0.4, 0.5) is 8.78 Å². The number of halogens is 2. The van der Waals surface area contributed by atoms with Gasteiger partial charge in [-0.25, -0.2) is 18.7 Å². The van der Waals surface area contributed by atoms with Crippen LogP contribution >= 0.6 is 0 Å². The van der Waals surface area contributed by atoms with E-state index in [1.165, 1.54) is 44.1 Å². The average Bonchev–Trinajstić information content (AvgIpc) is 2.77. The summed E-state index contributed by atoms with van der Waals surface area (Å²) in [6, 6.07) is 7.49. The van der Waals surface area contributed by atoms with E-state index in [0.29, 0.717) is 18.0 Å². The minimum Gasteiger partial charge on any atom is -0.493 e. The molecule has 3 nitrogen and oxygen atoms in total. The molecule has 0 aliphatic carbocycles. The highest BCUT2D eigenvalue weighted by molar-refractivity contribution is 5.55. The van der Waals surface area contributed by atoms with E-state index < -0.39 is 12.3 Å². The second-order valence-electron chi connectivity index (χ2n) is 8.31. The largest absolute Gasteiger partial charge is 0.493 e. The molecule has 0 amide bonds. The fourth-order valence-electron chi connectivity index (χ4n) is 3.57. The first-order valence-electron chi connectivity index (χ1n) is 11.9. The van der Waals surface area contributed by atoms with Crippen molar-refractivity contribution in [2.45, 2.75) is 96.8 Å². The topological polar surface area (TPSA) is 35.0 Å². The predicted octanol–water partition coefficient (Wildman–Crippen LogP) is 7.68.